The third kappa shape index (κ3) is 3.81. The zero-order valence-electron chi connectivity index (χ0n) is 23.0. The molecule has 2 aromatic heterocycles. The molecule has 2 nitrogen and oxygen atoms in total. The second-order valence-electron chi connectivity index (χ2n) is 11.6. The molecule has 0 bridgehead atoms. The molecule has 6 rings (SSSR count). The first kappa shape index (κ1) is 24.0. The molecule has 6 aromatic rings. The van der Waals surface area contributed by atoms with E-state index in [1.807, 2.05) is 0 Å². The summed E-state index contributed by atoms with van der Waals surface area (Å²) in [7, 11) is 2.16. The molecule has 0 fully saturated rings. The first-order valence-corrected chi connectivity index (χ1v) is 20.5. The maximum atomic E-state index is 2.52. The van der Waals surface area contributed by atoms with Gasteiger partial charge >= 0.3 is 223 Å². The van der Waals surface area contributed by atoms with Crippen LogP contribution in [-0.4, -0.2) is 17.8 Å². The molecule has 0 saturated carbocycles. The Morgan fingerprint density at radius 1 is 0.730 bits per heavy atom. The van der Waals surface area contributed by atoms with Crippen molar-refractivity contribution < 1.29 is 4.57 Å². The van der Waals surface area contributed by atoms with E-state index in [4.69, 9.17) is 0 Å². The van der Waals surface area contributed by atoms with Crippen LogP contribution in [0.4, 0.5) is 0 Å². The Kier molecular flexibility index (Phi) is 5.58. The Bertz CT molecular complexity index is 1850. The number of benzene rings is 4. The molecule has 2 heterocycles. The summed E-state index contributed by atoms with van der Waals surface area (Å²) in [6.45, 7) is 6.65. The van der Waals surface area contributed by atoms with Crippen LogP contribution >= 0.6 is 0 Å². The summed E-state index contributed by atoms with van der Waals surface area (Å²) in [5.74, 6) is 7.49. The molecule has 0 spiro atoms. The number of para-hydroxylation sites is 2. The first-order chi connectivity index (χ1) is 17.6. The number of nitrogens with zero attached hydrogens (tertiary/aromatic N) is 2. The molecule has 0 aliphatic carbocycles. The van der Waals surface area contributed by atoms with Crippen LogP contribution in [0.25, 0.3) is 49.5 Å². The number of fused-ring (bicyclic) bond motifs is 4. The molecule has 0 N–H and O–H groups in total. The number of aromatic nitrogens is 2. The van der Waals surface area contributed by atoms with Gasteiger partial charge in [-0.2, -0.15) is 0 Å². The third-order valence-corrected chi connectivity index (χ3v) is 12.2. The molecular weight excluding hydrogens is 509 g/mol. The van der Waals surface area contributed by atoms with E-state index in [0.29, 0.717) is 0 Å². The van der Waals surface area contributed by atoms with Gasteiger partial charge in [0.1, 0.15) is 0 Å². The van der Waals surface area contributed by atoms with E-state index in [-0.39, 0.29) is 0 Å². The molecule has 0 aliphatic rings. The average Bonchev–Trinajstić information content (AvgIpc) is 3.20. The van der Waals surface area contributed by atoms with Gasteiger partial charge in [0.15, 0.2) is 0 Å². The molecule has 184 valence electrons. The predicted octanol–water partition coefficient (Wildman–Crippen LogP) is 7.90. The topological polar surface area (TPSA) is 8.81 Å². The molecule has 0 saturated heterocycles. The molecule has 0 unspecified atom stereocenters. The van der Waals surface area contributed by atoms with Crippen molar-refractivity contribution in [2.45, 2.75) is 38.0 Å². The summed E-state index contributed by atoms with van der Waals surface area (Å²) in [4.78, 5) is 0. The Balaban J connectivity index is 1.68. The molecule has 3 heteroatoms. The second kappa shape index (κ2) is 8.60. The summed E-state index contributed by atoms with van der Waals surface area (Å²) in [5.41, 5.74) is 10.5. The van der Waals surface area contributed by atoms with Crippen molar-refractivity contribution in [3.63, 3.8) is 0 Å². The molecule has 4 aromatic carbocycles. The van der Waals surface area contributed by atoms with Gasteiger partial charge in [-0.3, -0.25) is 0 Å². The van der Waals surface area contributed by atoms with Crippen LogP contribution in [0, 0.1) is 20.8 Å². The molecule has 0 radical (unpaired) electrons. The first-order valence-electron chi connectivity index (χ1n) is 13.2. The minimum atomic E-state index is -2.14. The fraction of sp³-hybridized carbons (Fsp3) is 0.206. The van der Waals surface area contributed by atoms with E-state index in [1.54, 1.807) is 4.40 Å². The maximum absolute atomic E-state index is 2.52. The van der Waals surface area contributed by atoms with Crippen molar-refractivity contribution in [2.24, 2.45) is 7.05 Å². The summed E-state index contributed by atoms with van der Waals surface area (Å²) >= 11 is -2.14. The quantitative estimate of drug-likeness (QED) is 0.158. The van der Waals surface area contributed by atoms with Crippen molar-refractivity contribution in [2.75, 3.05) is 0 Å². The van der Waals surface area contributed by atoms with Crippen LogP contribution in [0.15, 0.2) is 85.1 Å². The minimum absolute atomic E-state index is 1.23. The van der Waals surface area contributed by atoms with Gasteiger partial charge < -0.3 is 0 Å². The summed E-state index contributed by atoms with van der Waals surface area (Å²) in [5, 5.41) is 5.25. The van der Waals surface area contributed by atoms with Crippen molar-refractivity contribution >= 4 is 50.2 Å². The third-order valence-electron chi connectivity index (χ3n) is 7.95. The predicted molar refractivity (Wildman–Crippen MR) is 162 cm³/mol. The molecule has 37 heavy (non-hydrogen) atoms. The van der Waals surface area contributed by atoms with Gasteiger partial charge in [-0.05, 0) is 0 Å². The van der Waals surface area contributed by atoms with Crippen LogP contribution in [0.3, 0.4) is 0 Å². The normalized spacial score (nSPS) is 12.2. The van der Waals surface area contributed by atoms with Gasteiger partial charge in [0.25, 0.3) is 0 Å². The monoisotopic (exact) mass is 545 g/mol. The number of hydrogen-bond acceptors (Lipinski definition) is 0. The Morgan fingerprint density at radius 2 is 1.49 bits per heavy atom. The van der Waals surface area contributed by atoms with Crippen LogP contribution in [-0.2, 0) is 7.05 Å². The van der Waals surface area contributed by atoms with Gasteiger partial charge in [0.2, 0.25) is 0 Å². The fourth-order valence-corrected chi connectivity index (χ4v) is 9.27. The number of hydrogen-bond donors (Lipinski definition) is 0. The van der Waals surface area contributed by atoms with Crippen LogP contribution in [0.2, 0.25) is 17.3 Å². The Labute approximate surface area is 222 Å². The van der Waals surface area contributed by atoms with E-state index in [1.165, 1.54) is 66.2 Å². The summed E-state index contributed by atoms with van der Waals surface area (Å²) in [6, 6.07) is 29.7. The van der Waals surface area contributed by atoms with Crippen molar-refractivity contribution in [3.8, 4) is 16.9 Å². The standard InChI is InChI=1S/C34H35GeN2/c1-22-19-23(2)24(3)30(20-22)33-27-16-15-26(21-25(27)17-18-36(33)7)37-32-14-9-8-11-28(32)29-12-10-13-31(34(29)37)35(4,5)6/h8-21H,1-7H3/q+1. The average molecular weight is 544 g/mol. The van der Waals surface area contributed by atoms with Crippen molar-refractivity contribution in [3.05, 3.63) is 102 Å². The SMILES string of the molecule is Cc1cc(C)c(C)c(-c2c3ccc(-n4c5ccccc5c5ccc[c]([Ge]([CH3])([CH3])[CH3])c54)cc3cc[n+]2C)c1. The summed E-state index contributed by atoms with van der Waals surface area (Å²) < 4.78 is 6.35. The van der Waals surface area contributed by atoms with E-state index in [9.17, 15) is 0 Å². The summed E-state index contributed by atoms with van der Waals surface area (Å²) in [6.07, 6.45) is 2.21. The molecule has 0 atom stereocenters. The van der Waals surface area contributed by atoms with E-state index < -0.39 is 13.3 Å². The second-order valence-corrected chi connectivity index (χ2v) is 22.2. The van der Waals surface area contributed by atoms with Crippen LogP contribution < -0.4 is 8.96 Å². The number of pyridine rings is 1. The van der Waals surface area contributed by atoms with E-state index in [0.717, 1.165) is 0 Å². The van der Waals surface area contributed by atoms with Gasteiger partial charge in [0.05, 0.1) is 0 Å². The number of aryl methyl sites for hydroxylation is 3. The van der Waals surface area contributed by atoms with Crippen LogP contribution in [0.5, 0.6) is 0 Å². The Hall–Kier alpha value is -3.37. The van der Waals surface area contributed by atoms with E-state index in [2.05, 4.69) is 139 Å². The zero-order valence-corrected chi connectivity index (χ0v) is 25.1. The molecule has 0 amide bonds. The van der Waals surface area contributed by atoms with Crippen LogP contribution in [0.1, 0.15) is 16.7 Å². The zero-order chi connectivity index (χ0) is 26.1. The number of rotatable bonds is 3. The van der Waals surface area contributed by atoms with Gasteiger partial charge in [0, 0.05) is 0 Å². The molecular formula is C34H35GeN2+. The van der Waals surface area contributed by atoms with Crippen molar-refractivity contribution in [1.29, 1.82) is 0 Å². The van der Waals surface area contributed by atoms with Gasteiger partial charge in [-0.15, -0.1) is 0 Å². The van der Waals surface area contributed by atoms with E-state index >= 15 is 0 Å². The fourth-order valence-electron chi connectivity index (χ4n) is 6.01. The molecule has 0 aliphatic heterocycles. The van der Waals surface area contributed by atoms with Gasteiger partial charge in [-0.25, -0.2) is 0 Å². The van der Waals surface area contributed by atoms with Gasteiger partial charge in [-0.1, -0.05) is 0 Å². The van der Waals surface area contributed by atoms with Crippen molar-refractivity contribution in [1.82, 2.24) is 4.57 Å². The Morgan fingerprint density at radius 3 is 2.27 bits per heavy atom.